The number of hydrogen-bond donors (Lipinski definition) is 0. The lowest BCUT2D eigenvalue weighted by atomic mass is 10.1. The molecular formula is C24H38N4O8S. The highest BCUT2D eigenvalue weighted by molar-refractivity contribution is 7.90. The van der Waals surface area contributed by atoms with Crippen molar-refractivity contribution in [3.8, 4) is 5.88 Å². The van der Waals surface area contributed by atoms with Crippen molar-refractivity contribution in [3.05, 3.63) is 11.9 Å². The van der Waals surface area contributed by atoms with E-state index < -0.39 is 38.8 Å². The van der Waals surface area contributed by atoms with Crippen LogP contribution in [0.4, 0.5) is 0 Å². The van der Waals surface area contributed by atoms with Gasteiger partial charge < -0.3 is 23.7 Å². The Kier molecular flexibility index (Phi) is 8.71. The molecule has 4 rings (SSSR count). The lowest BCUT2D eigenvalue weighted by Crippen LogP contribution is -2.43. The molecule has 0 saturated carbocycles. The van der Waals surface area contributed by atoms with Crippen molar-refractivity contribution in [2.75, 3.05) is 39.8 Å². The number of unbranched alkanes of at least 4 members (excludes halogenated alkanes) is 3. The van der Waals surface area contributed by atoms with Crippen LogP contribution in [0.15, 0.2) is 11.4 Å². The third-order valence-electron chi connectivity index (χ3n) is 6.45. The molecule has 0 bridgehead atoms. The molecule has 0 aromatic carbocycles. The Morgan fingerprint density at radius 2 is 1.78 bits per heavy atom. The molecule has 37 heavy (non-hydrogen) atoms. The smallest absolute Gasteiger partial charge is 0.276 e. The van der Waals surface area contributed by atoms with Gasteiger partial charge in [0.1, 0.15) is 17.9 Å². The summed E-state index contributed by atoms with van der Waals surface area (Å²) in [5, 5.41) is 3.85. The van der Waals surface area contributed by atoms with Crippen LogP contribution in [0, 0.1) is 0 Å². The van der Waals surface area contributed by atoms with Gasteiger partial charge in [0.15, 0.2) is 0 Å². The van der Waals surface area contributed by atoms with Crippen molar-refractivity contribution in [1.82, 2.24) is 19.6 Å². The molecular weight excluding hydrogens is 504 g/mol. The molecule has 4 atom stereocenters. The first-order valence-electron chi connectivity index (χ1n) is 13.0. The Balaban J connectivity index is 1.77. The van der Waals surface area contributed by atoms with Crippen molar-refractivity contribution in [2.45, 2.75) is 88.2 Å². The standard InChI is InChI=1S/C24H38N4O8S/c1-6-9-12-32-16-17-19(33-13-10-7-2)24(34-14-11-8-3)23(35-17,36-24)18-15-25-20-21(31-4)26-22(27-28(18)20)37(5,29)30/h15,17,19H,6-14,16H2,1-5H3/t17-,19-,23-,24+/m1/s1. The molecule has 0 unspecified atom stereocenters. The van der Waals surface area contributed by atoms with Crippen LogP contribution in [0.3, 0.4) is 0 Å². The van der Waals surface area contributed by atoms with Crippen molar-refractivity contribution >= 4 is 15.5 Å². The molecule has 0 aliphatic carbocycles. The number of rotatable bonds is 16. The second-order valence-electron chi connectivity index (χ2n) is 9.37. The van der Waals surface area contributed by atoms with Crippen molar-refractivity contribution < 1.29 is 36.8 Å². The van der Waals surface area contributed by atoms with Gasteiger partial charge in [-0.25, -0.2) is 17.9 Å². The minimum absolute atomic E-state index is 0.0180. The molecule has 208 valence electrons. The molecule has 2 aliphatic heterocycles. The summed E-state index contributed by atoms with van der Waals surface area (Å²) in [7, 11) is -2.36. The third-order valence-corrected chi connectivity index (χ3v) is 7.29. The number of fused-ring (bicyclic) bond motifs is 2. The van der Waals surface area contributed by atoms with Crippen molar-refractivity contribution in [3.63, 3.8) is 0 Å². The number of sulfone groups is 1. The van der Waals surface area contributed by atoms with Gasteiger partial charge in [0.2, 0.25) is 15.5 Å². The van der Waals surface area contributed by atoms with E-state index in [0.717, 1.165) is 44.8 Å². The summed E-state index contributed by atoms with van der Waals surface area (Å²) in [6.45, 7) is 8.12. The summed E-state index contributed by atoms with van der Waals surface area (Å²) in [6, 6.07) is 0. The minimum atomic E-state index is -3.75. The maximum absolute atomic E-state index is 12.3. The van der Waals surface area contributed by atoms with E-state index in [1.165, 1.54) is 17.8 Å². The zero-order valence-corrected chi connectivity index (χ0v) is 23.1. The highest BCUT2D eigenvalue weighted by Gasteiger charge is 2.86. The molecule has 2 aromatic rings. The third kappa shape index (κ3) is 5.21. The monoisotopic (exact) mass is 542 g/mol. The van der Waals surface area contributed by atoms with Crippen LogP contribution in [-0.4, -0.2) is 85.8 Å². The molecule has 0 spiro atoms. The molecule has 4 heterocycles. The van der Waals surface area contributed by atoms with Gasteiger partial charge in [-0.2, -0.15) is 4.98 Å². The lowest BCUT2D eigenvalue weighted by Gasteiger charge is -2.25. The van der Waals surface area contributed by atoms with Crippen molar-refractivity contribution in [2.24, 2.45) is 0 Å². The first-order chi connectivity index (χ1) is 17.8. The predicted octanol–water partition coefficient (Wildman–Crippen LogP) is 2.63. The molecule has 0 N–H and O–H groups in total. The number of epoxide rings is 1. The fraction of sp³-hybridized carbons (Fsp3) is 0.792. The van der Waals surface area contributed by atoms with E-state index in [4.69, 9.17) is 28.4 Å². The summed E-state index contributed by atoms with van der Waals surface area (Å²) in [4.78, 5) is 8.42. The summed E-state index contributed by atoms with van der Waals surface area (Å²) < 4.78 is 62.7. The van der Waals surface area contributed by atoms with Crippen LogP contribution < -0.4 is 4.74 Å². The molecule has 2 fully saturated rings. The zero-order chi connectivity index (χ0) is 26.7. The van der Waals surface area contributed by atoms with E-state index in [9.17, 15) is 8.42 Å². The number of hydrogen-bond acceptors (Lipinski definition) is 11. The normalized spacial score (nSPS) is 27.1. The lowest BCUT2D eigenvalue weighted by molar-refractivity contribution is -0.193. The Hall–Kier alpha value is -1.90. The summed E-state index contributed by atoms with van der Waals surface area (Å²) in [5.74, 6) is -2.65. The Morgan fingerprint density at radius 1 is 1.08 bits per heavy atom. The molecule has 2 aliphatic rings. The second-order valence-corrected chi connectivity index (χ2v) is 11.3. The largest absolute Gasteiger partial charge is 0.478 e. The van der Waals surface area contributed by atoms with Crippen LogP contribution in [0.2, 0.25) is 0 Å². The first-order valence-corrected chi connectivity index (χ1v) is 14.9. The molecule has 12 nitrogen and oxygen atoms in total. The van der Waals surface area contributed by atoms with Crippen LogP contribution in [0.1, 0.15) is 65.0 Å². The van der Waals surface area contributed by atoms with Gasteiger partial charge in [-0.05, 0) is 19.3 Å². The number of imidazole rings is 1. The molecule has 13 heteroatoms. The summed E-state index contributed by atoms with van der Waals surface area (Å²) >= 11 is 0. The van der Waals surface area contributed by atoms with Gasteiger partial charge in [-0.15, -0.1) is 5.10 Å². The van der Waals surface area contributed by atoms with E-state index in [2.05, 4.69) is 35.8 Å². The van der Waals surface area contributed by atoms with E-state index in [-0.39, 0.29) is 11.5 Å². The van der Waals surface area contributed by atoms with Gasteiger partial charge in [-0.1, -0.05) is 40.0 Å². The van der Waals surface area contributed by atoms with E-state index in [1.807, 2.05) is 0 Å². The van der Waals surface area contributed by atoms with Crippen LogP contribution in [0.25, 0.3) is 5.65 Å². The second kappa shape index (κ2) is 11.5. The van der Waals surface area contributed by atoms with Gasteiger partial charge >= 0.3 is 0 Å². The van der Waals surface area contributed by atoms with Crippen LogP contribution >= 0.6 is 0 Å². The summed E-state index contributed by atoms with van der Waals surface area (Å²) in [5.41, 5.74) is 0.594. The Morgan fingerprint density at radius 3 is 2.46 bits per heavy atom. The average molecular weight is 543 g/mol. The fourth-order valence-electron chi connectivity index (χ4n) is 4.42. The highest BCUT2D eigenvalue weighted by Crippen LogP contribution is 2.66. The van der Waals surface area contributed by atoms with E-state index >= 15 is 0 Å². The number of aromatic nitrogens is 4. The minimum Gasteiger partial charge on any atom is -0.478 e. The topological polar surface area (TPSA) is 136 Å². The number of ether oxygens (including phenoxy) is 6. The summed E-state index contributed by atoms with van der Waals surface area (Å²) in [6.07, 6.45) is 7.06. The maximum atomic E-state index is 12.3. The number of methoxy groups -OCH3 is 1. The Bertz CT molecular complexity index is 1170. The van der Waals surface area contributed by atoms with Crippen LogP contribution in [-0.2, 0) is 39.3 Å². The van der Waals surface area contributed by atoms with Gasteiger partial charge in [0, 0.05) is 19.5 Å². The molecule has 0 radical (unpaired) electrons. The number of nitrogens with zero attached hydrogens (tertiary/aromatic N) is 4. The Labute approximate surface area is 217 Å². The SMILES string of the molecule is CCCCOC[C@H]1O[C@]2(c3cnc4c(OC)nc(S(C)(=O)=O)nn34)O[C@@]2(OCCCC)[C@@H]1OCCCC. The van der Waals surface area contributed by atoms with E-state index in [0.29, 0.717) is 32.1 Å². The highest BCUT2D eigenvalue weighted by atomic mass is 32.2. The first kappa shape index (κ1) is 28.1. The quantitative estimate of drug-likeness (QED) is 0.229. The van der Waals surface area contributed by atoms with Gasteiger partial charge in [-0.3, -0.25) is 4.74 Å². The van der Waals surface area contributed by atoms with Gasteiger partial charge in [0.05, 0.1) is 26.5 Å². The van der Waals surface area contributed by atoms with Gasteiger partial charge in [0.25, 0.3) is 22.6 Å². The van der Waals surface area contributed by atoms with Crippen molar-refractivity contribution in [1.29, 1.82) is 0 Å². The van der Waals surface area contributed by atoms with E-state index in [1.54, 1.807) is 0 Å². The fourth-order valence-corrected chi connectivity index (χ4v) is 4.90. The predicted molar refractivity (Wildman–Crippen MR) is 132 cm³/mol. The van der Waals surface area contributed by atoms with Crippen LogP contribution in [0.5, 0.6) is 5.88 Å². The zero-order valence-electron chi connectivity index (χ0n) is 22.3. The molecule has 0 amide bonds. The molecule has 2 aromatic heterocycles. The maximum Gasteiger partial charge on any atom is 0.276 e. The molecule has 2 saturated heterocycles. The average Bonchev–Trinajstić information content (AvgIpc) is 3.17.